The molecule has 0 bridgehead atoms. The first-order valence-electron chi connectivity index (χ1n) is 9.88. The first-order valence-corrected chi connectivity index (χ1v) is 9.88. The van der Waals surface area contributed by atoms with Gasteiger partial charge in [-0.15, -0.1) is 0 Å². The summed E-state index contributed by atoms with van der Waals surface area (Å²) in [6, 6.07) is 21.7. The summed E-state index contributed by atoms with van der Waals surface area (Å²) in [7, 11) is 2.11. The van der Waals surface area contributed by atoms with E-state index in [0.29, 0.717) is 5.92 Å². The third-order valence-corrected chi connectivity index (χ3v) is 5.89. The summed E-state index contributed by atoms with van der Waals surface area (Å²) < 4.78 is 8.55. The van der Waals surface area contributed by atoms with Gasteiger partial charge in [-0.25, -0.2) is 4.57 Å². The van der Waals surface area contributed by atoms with Gasteiger partial charge in [0.1, 0.15) is 18.2 Å². The molecule has 3 aromatic carbocycles. The molecule has 0 unspecified atom stereocenters. The van der Waals surface area contributed by atoms with Crippen molar-refractivity contribution in [2.45, 2.75) is 26.7 Å². The first kappa shape index (κ1) is 17.0. The number of hydrogen-bond donors (Lipinski definition) is 0. The predicted octanol–water partition coefficient (Wildman–Crippen LogP) is 6.66. The molecule has 5 rings (SSSR count). The summed E-state index contributed by atoms with van der Waals surface area (Å²) in [4.78, 5) is 0. The smallest absolute Gasteiger partial charge is 0.212 e. The van der Waals surface area contributed by atoms with Crippen LogP contribution in [-0.4, -0.2) is 0 Å². The summed E-state index contributed by atoms with van der Waals surface area (Å²) in [5, 5.41) is 4.90. The van der Waals surface area contributed by atoms with E-state index in [0.717, 1.165) is 11.2 Å². The summed E-state index contributed by atoms with van der Waals surface area (Å²) in [6.45, 7) is 6.64. The zero-order chi connectivity index (χ0) is 19.4. The van der Waals surface area contributed by atoms with Crippen LogP contribution >= 0.6 is 0 Å². The second kappa shape index (κ2) is 6.20. The fraction of sp³-hybridized carbons (Fsp3) is 0.192. The molecule has 2 nitrogen and oxygen atoms in total. The first-order chi connectivity index (χ1) is 13.5. The Morgan fingerprint density at radius 1 is 0.893 bits per heavy atom. The molecular weight excluding hydrogens is 342 g/mol. The third-order valence-electron chi connectivity index (χ3n) is 5.89. The van der Waals surface area contributed by atoms with E-state index < -0.39 is 0 Å². The molecule has 5 aromatic rings. The van der Waals surface area contributed by atoms with Crippen LogP contribution in [0.1, 0.15) is 30.9 Å². The number of pyridine rings is 1. The predicted molar refractivity (Wildman–Crippen MR) is 117 cm³/mol. The van der Waals surface area contributed by atoms with Crippen molar-refractivity contribution in [2.75, 3.05) is 0 Å². The van der Waals surface area contributed by atoms with Crippen LogP contribution in [0.5, 0.6) is 0 Å². The van der Waals surface area contributed by atoms with Gasteiger partial charge in [-0.3, -0.25) is 0 Å². The van der Waals surface area contributed by atoms with Crippen LogP contribution in [0.25, 0.3) is 44.0 Å². The van der Waals surface area contributed by atoms with E-state index in [1.807, 2.05) is 0 Å². The lowest BCUT2D eigenvalue weighted by Gasteiger charge is -2.09. The Hall–Kier alpha value is -3.13. The largest absolute Gasteiger partial charge is 0.456 e. The number of hydrogen-bond acceptors (Lipinski definition) is 1. The van der Waals surface area contributed by atoms with Gasteiger partial charge in [0.05, 0.1) is 5.56 Å². The van der Waals surface area contributed by atoms with Crippen molar-refractivity contribution in [1.82, 2.24) is 0 Å². The number of rotatable bonds is 2. The number of fused-ring (bicyclic) bond motifs is 5. The highest BCUT2D eigenvalue weighted by Crippen LogP contribution is 2.38. The zero-order valence-electron chi connectivity index (χ0n) is 16.8. The van der Waals surface area contributed by atoms with Crippen molar-refractivity contribution in [3.63, 3.8) is 0 Å². The topological polar surface area (TPSA) is 17.0 Å². The average molecular weight is 366 g/mol. The summed E-state index contributed by atoms with van der Waals surface area (Å²) in [6.07, 6.45) is 2.15. The molecule has 0 aliphatic rings. The van der Waals surface area contributed by atoms with E-state index >= 15 is 0 Å². The van der Waals surface area contributed by atoms with Gasteiger partial charge in [-0.2, -0.15) is 0 Å². The van der Waals surface area contributed by atoms with Crippen LogP contribution in [0.3, 0.4) is 0 Å². The molecule has 0 atom stereocenters. The van der Waals surface area contributed by atoms with Gasteiger partial charge in [-0.05, 0) is 47.4 Å². The molecule has 0 radical (unpaired) electrons. The molecule has 2 aromatic heterocycles. The minimum Gasteiger partial charge on any atom is -0.456 e. The van der Waals surface area contributed by atoms with Crippen LogP contribution in [0.15, 0.2) is 71.3 Å². The fourth-order valence-electron chi connectivity index (χ4n) is 4.23. The lowest BCUT2D eigenvalue weighted by Crippen LogP contribution is -2.30. The van der Waals surface area contributed by atoms with E-state index in [1.54, 1.807) is 0 Å². The molecule has 0 spiro atoms. The van der Waals surface area contributed by atoms with Gasteiger partial charge in [0.2, 0.25) is 5.69 Å². The van der Waals surface area contributed by atoms with Crippen LogP contribution in [0, 0.1) is 6.92 Å². The SMILES string of the molecule is Cc1c(-c2cc(C(C)C)cc[n+]2C)ccc2c1oc1ccc3ccccc3c12. The van der Waals surface area contributed by atoms with Crippen molar-refractivity contribution in [1.29, 1.82) is 0 Å². The van der Waals surface area contributed by atoms with Crippen LogP contribution in [0.4, 0.5) is 0 Å². The van der Waals surface area contributed by atoms with E-state index in [-0.39, 0.29) is 0 Å². The van der Waals surface area contributed by atoms with E-state index in [1.165, 1.54) is 43.9 Å². The van der Waals surface area contributed by atoms with Crippen molar-refractivity contribution in [3.05, 3.63) is 78.0 Å². The Labute approximate surface area is 165 Å². The summed E-state index contributed by atoms with van der Waals surface area (Å²) in [5.41, 5.74) is 6.92. The number of aryl methyl sites for hydroxylation is 2. The minimum atomic E-state index is 0.501. The van der Waals surface area contributed by atoms with Gasteiger partial charge in [0, 0.05) is 28.5 Å². The molecule has 0 aliphatic heterocycles. The molecule has 0 N–H and O–H groups in total. The van der Waals surface area contributed by atoms with Crippen molar-refractivity contribution < 1.29 is 8.98 Å². The Morgan fingerprint density at radius 2 is 1.71 bits per heavy atom. The highest BCUT2D eigenvalue weighted by molar-refractivity contribution is 6.19. The van der Waals surface area contributed by atoms with Crippen molar-refractivity contribution in [2.24, 2.45) is 7.05 Å². The number of furan rings is 1. The molecule has 0 amide bonds. The second-order valence-electron chi connectivity index (χ2n) is 7.99. The Morgan fingerprint density at radius 3 is 2.54 bits per heavy atom. The van der Waals surface area contributed by atoms with E-state index in [9.17, 15) is 0 Å². The van der Waals surface area contributed by atoms with Crippen molar-refractivity contribution in [3.8, 4) is 11.3 Å². The molecule has 0 saturated carbocycles. The molecule has 0 saturated heterocycles. The van der Waals surface area contributed by atoms with Gasteiger partial charge in [-0.1, -0.05) is 44.2 Å². The standard InChI is InChI=1S/C26H24NO/c1-16(2)19-13-14-27(4)23(15-19)20-10-11-22-25-21-8-6-5-7-18(21)9-12-24(25)28-26(22)17(20)3/h5-16H,1-4H3/q+1. The van der Waals surface area contributed by atoms with Gasteiger partial charge in [0.15, 0.2) is 6.20 Å². The normalized spacial score (nSPS) is 11.9. The summed E-state index contributed by atoms with van der Waals surface area (Å²) >= 11 is 0. The summed E-state index contributed by atoms with van der Waals surface area (Å²) in [5.74, 6) is 0.501. The van der Waals surface area contributed by atoms with Crippen molar-refractivity contribution >= 4 is 32.7 Å². The molecule has 2 heterocycles. The fourth-order valence-corrected chi connectivity index (χ4v) is 4.23. The Bertz CT molecular complexity index is 1360. The molecule has 0 fully saturated rings. The Kier molecular flexibility index (Phi) is 3.77. The van der Waals surface area contributed by atoms with Gasteiger partial charge >= 0.3 is 0 Å². The minimum absolute atomic E-state index is 0.501. The maximum atomic E-state index is 6.36. The second-order valence-corrected chi connectivity index (χ2v) is 7.99. The molecule has 28 heavy (non-hydrogen) atoms. The quantitative estimate of drug-likeness (QED) is 0.319. The maximum Gasteiger partial charge on any atom is 0.212 e. The van der Waals surface area contributed by atoms with Crippen LogP contribution < -0.4 is 4.57 Å². The van der Waals surface area contributed by atoms with Crippen LogP contribution in [-0.2, 0) is 7.05 Å². The highest BCUT2D eigenvalue weighted by atomic mass is 16.3. The molecule has 0 aliphatic carbocycles. The van der Waals surface area contributed by atoms with E-state index in [4.69, 9.17) is 4.42 Å². The Balaban J connectivity index is 1.82. The number of benzene rings is 3. The monoisotopic (exact) mass is 366 g/mol. The number of aromatic nitrogens is 1. The number of nitrogens with zero attached hydrogens (tertiary/aromatic N) is 1. The lowest BCUT2D eigenvalue weighted by molar-refractivity contribution is -0.660. The molecular formula is C26H24NO+. The van der Waals surface area contributed by atoms with Crippen LogP contribution in [0.2, 0.25) is 0 Å². The zero-order valence-corrected chi connectivity index (χ0v) is 16.8. The molecule has 138 valence electrons. The third kappa shape index (κ3) is 2.45. The average Bonchev–Trinajstić information content (AvgIpc) is 3.09. The van der Waals surface area contributed by atoms with Gasteiger partial charge in [0.25, 0.3) is 0 Å². The lowest BCUT2D eigenvalue weighted by atomic mass is 9.96. The van der Waals surface area contributed by atoms with Gasteiger partial charge < -0.3 is 4.42 Å². The highest BCUT2D eigenvalue weighted by Gasteiger charge is 2.19. The maximum absolute atomic E-state index is 6.36. The van der Waals surface area contributed by atoms with E-state index in [2.05, 4.69) is 99.2 Å². The molecule has 2 heteroatoms.